The summed E-state index contributed by atoms with van der Waals surface area (Å²) in [6.07, 6.45) is -0.437. The van der Waals surface area contributed by atoms with Crippen LogP contribution in [0.25, 0.3) is 11.1 Å². The third-order valence-electron chi connectivity index (χ3n) is 7.13. The molecule has 1 unspecified atom stereocenters. The maximum Gasteiger partial charge on any atom is 0.407 e. The van der Waals surface area contributed by atoms with Gasteiger partial charge in [0.2, 0.25) is 5.91 Å². The van der Waals surface area contributed by atoms with Crippen molar-refractivity contribution in [3.8, 4) is 11.1 Å². The number of fused-ring (bicyclic) bond motifs is 3. The highest BCUT2D eigenvalue weighted by molar-refractivity contribution is 5.81. The first-order valence-electron chi connectivity index (χ1n) is 11.9. The zero-order valence-corrected chi connectivity index (χ0v) is 19.9. The number of aliphatic carboxylic acids is 1. The van der Waals surface area contributed by atoms with Crippen LogP contribution in [0.1, 0.15) is 44.2 Å². The minimum Gasteiger partial charge on any atom is -0.481 e. The number of carboxylic acid groups (broad SMARTS) is 1. The smallest absolute Gasteiger partial charge is 0.407 e. The van der Waals surface area contributed by atoms with E-state index in [2.05, 4.69) is 29.6 Å². The number of carbonyl (C=O) groups is 3. The second-order valence-corrected chi connectivity index (χ2v) is 9.75. The van der Waals surface area contributed by atoms with E-state index >= 15 is 0 Å². The molecule has 1 fully saturated rings. The number of amides is 2. The number of likely N-dealkylation sites (tertiary alicyclic amines) is 1. The zero-order chi connectivity index (χ0) is 24.4. The Morgan fingerprint density at radius 1 is 1.03 bits per heavy atom. The van der Waals surface area contributed by atoms with Gasteiger partial charge in [-0.15, -0.1) is 0 Å². The Hall–Kier alpha value is -3.35. The first-order valence-corrected chi connectivity index (χ1v) is 11.9. The van der Waals surface area contributed by atoms with E-state index in [4.69, 9.17) is 4.74 Å². The molecule has 34 heavy (non-hydrogen) atoms. The Bertz CT molecular complexity index is 1040. The van der Waals surface area contributed by atoms with Gasteiger partial charge in [0.05, 0.1) is 5.92 Å². The van der Waals surface area contributed by atoms with Gasteiger partial charge < -0.3 is 20.1 Å². The standard InChI is InChI=1S/C27H32N2O5/c1-16(2)24(12-25(30)29-13-17(3)22(14-29)26(31)32)28-27(33)34-15-23-20-10-6-4-8-18(20)19-9-5-7-11-21(19)23/h4-11,16-17,22-24H,12-15H2,1-3H3,(H,28,33)(H,31,32)/t17-,22-,24?/m0/s1. The molecule has 1 heterocycles. The monoisotopic (exact) mass is 464 g/mol. The molecule has 180 valence electrons. The van der Waals surface area contributed by atoms with Gasteiger partial charge in [0.1, 0.15) is 6.61 Å². The van der Waals surface area contributed by atoms with Gasteiger partial charge in [0, 0.05) is 31.5 Å². The predicted molar refractivity (Wildman–Crippen MR) is 128 cm³/mol. The summed E-state index contributed by atoms with van der Waals surface area (Å²) in [5.41, 5.74) is 4.61. The second-order valence-electron chi connectivity index (χ2n) is 9.75. The van der Waals surface area contributed by atoms with E-state index in [1.165, 1.54) is 0 Å². The van der Waals surface area contributed by atoms with Gasteiger partial charge in [-0.05, 0) is 34.1 Å². The van der Waals surface area contributed by atoms with E-state index in [0.29, 0.717) is 6.54 Å². The highest BCUT2D eigenvalue weighted by Crippen LogP contribution is 2.44. The number of benzene rings is 2. The van der Waals surface area contributed by atoms with E-state index in [0.717, 1.165) is 22.3 Å². The maximum absolute atomic E-state index is 12.8. The minimum atomic E-state index is -0.875. The number of carbonyl (C=O) groups excluding carboxylic acids is 2. The molecule has 1 aliphatic heterocycles. The van der Waals surface area contributed by atoms with Crippen LogP contribution < -0.4 is 5.32 Å². The van der Waals surface area contributed by atoms with Crippen LogP contribution in [0.5, 0.6) is 0 Å². The summed E-state index contributed by atoms with van der Waals surface area (Å²) in [7, 11) is 0. The number of nitrogens with zero attached hydrogens (tertiary/aromatic N) is 1. The average Bonchev–Trinajstić information content (AvgIpc) is 3.35. The Kier molecular flexibility index (Phi) is 6.91. The van der Waals surface area contributed by atoms with Crippen molar-refractivity contribution in [1.82, 2.24) is 10.2 Å². The van der Waals surface area contributed by atoms with Crippen molar-refractivity contribution in [3.63, 3.8) is 0 Å². The number of hydrogen-bond donors (Lipinski definition) is 2. The molecule has 7 heteroatoms. The Morgan fingerprint density at radius 3 is 2.15 bits per heavy atom. The Morgan fingerprint density at radius 2 is 1.62 bits per heavy atom. The van der Waals surface area contributed by atoms with Gasteiger partial charge in [0.15, 0.2) is 0 Å². The van der Waals surface area contributed by atoms with Crippen molar-refractivity contribution >= 4 is 18.0 Å². The molecule has 1 saturated heterocycles. The lowest BCUT2D eigenvalue weighted by atomic mass is 9.98. The molecule has 0 aromatic heterocycles. The lowest BCUT2D eigenvalue weighted by molar-refractivity contribution is -0.142. The largest absolute Gasteiger partial charge is 0.481 e. The number of alkyl carbamates (subject to hydrolysis) is 1. The van der Waals surface area contributed by atoms with Crippen LogP contribution >= 0.6 is 0 Å². The van der Waals surface area contributed by atoms with E-state index in [9.17, 15) is 19.5 Å². The van der Waals surface area contributed by atoms with Crippen LogP contribution in [0.15, 0.2) is 48.5 Å². The number of rotatable bonds is 7. The lowest BCUT2D eigenvalue weighted by Gasteiger charge is -2.25. The van der Waals surface area contributed by atoms with Gasteiger partial charge in [0.25, 0.3) is 0 Å². The molecule has 2 aliphatic rings. The molecule has 2 aromatic rings. The lowest BCUT2D eigenvalue weighted by Crippen LogP contribution is -2.43. The maximum atomic E-state index is 12.8. The molecule has 4 rings (SSSR count). The Balaban J connectivity index is 1.36. The topological polar surface area (TPSA) is 95.9 Å². The van der Waals surface area contributed by atoms with Crippen molar-refractivity contribution < 1.29 is 24.2 Å². The summed E-state index contributed by atoms with van der Waals surface area (Å²) in [4.78, 5) is 38.5. The molecule has 1 aliphatic carbocycles. The molecule has 0 spiro atoms. The Labute approximate surface area is 200 Å². The van der Waals surface area contributed by atoms with Crippen LogP contribution in [-0.2, 0) is 14.3 Å². The molecule has 3 atom stereocenters. The van der Waals surface area contributed by atoms with Crippen molar-refractivity contribution in [2.75, 3.05) is 19.7 Å². The number of ether oxygens (including phenoxy) is 1. The SMILES string of the molecule is CC(C)C(CC(=O)N1C[C@H](C(=O)O)[C@@H](C)C1)NC(=O)OCC1c2ccccc2-c2ccccc21. The van der Waals surface area contributed by atoms with Crippen molar-refractivity contribution in [2.45, 2.75) is 39.2 Å². The van der Waals surface area contributed by atoms with Crippen molar-refractivity contribution in [2.24, 2.45) is 17.8 Å². The van der Waals surface area contributed by atoms with Gasteiger partial charge in [-0.2, -0.15) is 0 Å². The van der Waals surface area contributed by atoms with E-state index < -0.39 is 24.0 Å². The molecule has 0 saturated carbocycles. The normalized spacial score (nSPS) is 20.1. The van der Waals surface area contributed by atoms with Crippen LogP contribution in [0.4, 0.5) is 4.79 Å². The summed E-state index contributed by atoms with van der Waals surface area (Å²) in [6, 6.07) is 15.9. The first-order chi connectivity index (χ1) is 16.3. The molecule has 0 bridgehead atoms. The average molecular weight is 465 g/mol. The summed E-state index contributed by atoms with van der Waals surface area (Å²) in [5, 5.41) is 12.2. The zero-order valence-electron chi connectivity index (χ0n) is 19.9. The first kappa shape index (κ1) is 23.8. The van der Waals surface area contributed by atoms with Gasteiger partial charge in [-0.3, -0.25) is 9.59 Å². The summed E-state index contributed by atoms with van der Waals surface area (Å²) in [6.45, 7) is 6.57. The number of carboxylic acids is 1. The predicted octanol–water partition coefficient (Wildman–Crippen LogP) is 4.12. The molecular formula is C27H32N2O5. The second kappa shape index (κ2) is 9.87. The fraction of sp³-hybridized carbons (Fsp3) is 0.444. The number of nitrogens with one attached hydrogen (secondary N) is 1. The highest BCUT2D eigenvalue weighted by atomic mass is 16.5. The van der Waals surface area contributed by atoms with Crippen molar-refractivity contribution in [3.05, 3.63) is 59.7 Å². The highest BCUT2D eigenvalue weighted by Gasteiger charge is 2.38. The molecule has 7 nitrogen and oxygen atoms in total. The van der Waals surface area contributed by atoms with Crippen LogP contribution in [0.2, 0.25) is 0 Å². The molecule has 2 N–H and O–H groups in total. The van der Waals surface area contributed by atoms with Crippen LogP contribution in [0.3, 0.4) is 0 Å². The van der Waals surface area contributed by atoms with E-state index in [1.807, 2.05) is 45.0 Å². The fourth-order valence-electron chi connectivity index (χ4n) is 5.05. The van der Waals surface area contributed by atoms with Gasteiger partial charge >= 0.3 is 12.1 Å². The van der Waals surface area contributed by atoms with Crippen LogP contribution in [0, 0.1) is 17.8 Å². The number of hydrogen-bond acceptors (Lipinski definition) is 4. The molecule has 2 aromatic carbocycles. The molecule has 0 radical (unpaired) electrons. The fourth-order valence-corrected chi connectivity index (χ4v) is 5.05. The third-order valence-corrected chi connectivity index (χ3v) is 7.13. The minimum absolute atomic E-state index is 0.0136. The van der Waals surface area contributed by atoms with E-state index in [1.54, 1.807) is 4.90 Å². The van der Waals surface area contributed by atoms with Gasteiger partial charge in [-0.25, -0.2) is 4.79 Å². The third kappa shape index (κ3) is 4.79. The molecular weight excluding hydrogens is 432 g/mol. The van der Waals surface area contributed by atoms with Crippen molar-refractivity contribution in [1.29, 1.82) is 0 Å². The van der Waals surface area contributed by atoms with E-state index in [-0.39, 0.29) is 43.2 Å². The summed E-state index contributed by atoms with van der Waals surface area (Å²) >= 11 is 0. The molecule has 2 amide bonds. The quantitative estimate of drug-likeness (QED) is 0.643. The van der Waals surface area contributed by atoms with Gasteiger partial charge in [-0.1, -0.05) is 69.3 Å². The summed E-state index contributed by atoms with van der Waals surface area (Å²) in [5.74, 6) is -1.67. The van der Waals surface area contributed by atoms with Crippen LogP contribution in [-0.4, -0.2) is 53.7 Å². The summed E-state index contributed by atoms with van der Waals surface area (Å²) < 4.78 is 5.64.